The monoisotopic (exact) mass is 207 g/mol. The summed E-state index contributed by atoms with van der Waals surface area (Å²) in [5.41, 5.74) is 0.309. The van der Waals surface area contributed by atoms with Gasteiger partial charge in [0.05, 0.1) is 0 Å². The van der Waals surface area contributed by atoms with Crippen molar-refractivity contribution in [2.45, 2.75) is 32.6 Å². The molecule has 0 radical (unpaired) electrons. The van der Waals surface area contributed by atoms with Gasteiger partial charge in [0.1, 0.15) is 0 Å². The predicted octanol–water partition coefficient (Wildman–Crippen LogP) is 1.76. The number of nitrogens with one attached hydrogen (secondary N) is 2. The molecule has 1 fully saturated rings. The van der Waals surface area contributed by atoms with E-state index >= 15 is 0 Å². The Hall–Kier alpha value is -1.32. The topological polar surface area (TPSA) is 57.8 Å². The van der Waals surface area contributed by atoms with Crippen LogP contribution < -0.4 is 10.9 Å². The quantitative estimate of drug-likeness (QED) is 0.773. The molecule has 15 heavy (non-hydrogen) atoms. The molecule has 1 aliphatic rings. The Bertz CT molecular complexity index is 381. The van der Waals surface area contributed by atoms with Crippen molar-refractivity contribution in [3.63, 3.8) is 0 Å². The van der Waals surface area contributed by atoms with Crippen LogP contribution in [0.1, 0.15) is 32.6 Å². The van der Waals surface area contributed by atoms with Gasteiger partial charge >= 0.3 is 0 Å². The van der Waals surface area contributed by atoms with Crippen LogP contribution in [0.2, 0.25) is 0 Å². The third-order valence-electron chi connectivity index (χ3n) is 3.08. The Kier molecular flexibility index (Phi) is 2.75. The molecule has 0 spiro atoms. The highest BCUT2D eigenvalue weighted by Gasteiger charge is 2.41. The van der Waals surface area contributed by atoms with Crippen LogP contribution in [-0.4, -0.2) is 16.5 Å². The van der Waals surface area contributed by atoms with Crippen LogP contribution in [0, 0.1) is 5.41 Å². The molecule has 2 N–H and O–H groups in total. The molecular weight excluding hydrogens is 190 g/mol. The maximum atomic E-state index is 11.3. The molecule has 0 aliphatic heterocycles. The van der Waals surface area contributed by atoms with E-state index in [1.807, 2.05) is 0 Å². The second-order valence-corrected chi connectivity index (χ2v) is 4.37. The smallest absolute Gasteiger partial charge is 0.290 e. The lowest BCUT2D eigenvalue weighted by molar-refractivity contribution is 0.485. The van der Waals surface area contributed by atoms with Crippen LogP contribution in [0.3, 0.4) is 0 Å². The second-order valence-electron chi connectivity index (χ2n) is 4.37. The normalized spacial score (nSPS) is 17.4. The van der Waals surface area contributed by atoms with Gasteiger partial charge in [-0.2, -0.15) is 0 Å². The molecule has 4 nitrogen and oxygen atoms in total. The number of hydrogen-bond donors (Lipinski definition) is 2. The average Bonchev–Trinajstić information content (AvgIpc) is 2.98. The van der Waals surface area contributed by atoms with Crippen molar-refractivity contribution in [1.29, 1.82) is 0 Å². The number of anilines is 1. The molecule has 0 aromatic carbocycles. The van der Waals surface area contributed by atoms with E-state index in [1.54, 1.807) is 12.4 Å². The van der Waals surface area contributed by atoms with E-state index in [0.29, 0.717) is 11.2 Å². The average molecular weight is 207 g/mol. The summed E-state index contributed by atoms with van der Waals surface area (Å²) < 4.78 is 0. The summed E-state index contributed by atoms with van der Waals surface area (Å²) in [5.74, 6) is 0.444. The number of H-pyrrole nitrogens is 1. The zero-order valence-corrected chi connectivity index (χ0v) is 9.05. The Morgan fingerprint density at radius 2 is 2.40 bits per heavy atom. The van der Waals surface area contributed by atoms with Crippen molar-refractivity contribution >= 4 is 5.82 Å². The maximum Gasteiger partial charge on any atom is 0.290 e. The molecule has 1 aromatic rings. The zero-order valence-electron chi connectivity index (χ0n) is 9.05. The van der Waals surface area contributed by atoms with Gasteiger partial charge < -0.3 is 10.3 Å². The lowest BCUT2D eigenvalue weighted by atomic mass is 10.0. The van der Waals surface area contributed by atoms with E-state index in [9.17, 15) is 4.79 Å². The van der Waals surface area contributed by atoms with Gasteiger partial charge in [0.25, 0.3) is 5.56 Å². The van der Waals surface area contributed by atoms with Crippen molar-refractivity contribution in [2.75, 3.05) is 11.9 Å². The van der Waals surface area contributed by atoms with Gasteiger partial charge in [-0.3, -0.25) is 4.79 Å². The van der Waals surface area contributed by atoms with Crippen molar-refractivity contribution in [3.05, 3.63) is 22.7 Å². The minimum absolute atomic E-state index is 0.134. The summed E-state index contributed by atoms with van der Waals surface area (Å²) >= 11 is 0. The first-order chi connectivity index (χ1) is 7.26. The first-order valence-corrected chi connectivity index (χ1v) is 5.53. The number of nitrogens with zero attached hydrogens (tertiary/aromatic N) is 1. The van der Waals surface area contributed by atoms with Crippen LogP contribution in [0.25, 0.3) is 0 Å². The second kappa shape index (κ2) is 4.04. The summed E-state index contributed by atoms with van der Waals surface area (Å²) in [6, 6.07) is 0. The highest BCUT2D eigenvalue weighted by molar-refractivity contribution is 5.31. The Morgan fingerprint density at radius 3 is 3.00 bits per heavy atom. The van der Waals surface area contributed by atoms with Crippen LogP contribution in [0.4, 0.5) is 5.82 Å². The summed E-state index contributed by atoms with van der Waals surface area (Å²) in [6.07, 6.45) is 8.15. The van der Waals surface area contributed by atoms with Crippen LogP contribution in [-0.2, 0) is 0 Å². The molecule has 1 saturated carbocycles. The molecule has 1 aromatic heterocycles. The van der Waals surface area contributed by atoms with Gasteiger partial charge in [-0.15, -0.1) is 0 Å². The van der Waals surface area contributed by atoms with Gasteiger partial charge in [-0.25, -0.2) is 4.98 Å². The molecule has 0 atom stereocenters. The molecule has 2 rings (SSSR count). The van der Waals surface area contributed by atoms with Gasteiger partial charge in [0.15, 0.2) is 5.82 Å². The maximum absolute atomic E-state index is 11.3. The molecule has 4 heteroatoms. The SMILES string of the molecule is CCCC1(CNc2ncc[nH]c2=O)CC1. The third-order valence-corrected chi connectivity index (χ3v) is 3.08. The van der Waals surface area contributed by atoms with Crippen LogP contribution in [0.5, 0.6) is 0 Å². The van der Waals surface area contributed by atoms with Gasteiger partial charge in [-0.05, 0) is 24.7 Å². The minimum atomic E-state index is -0.134. The fourth-order valence-electron chi connectivity index (χ4n) is 1.97. The van der Waals surface area contributed by atoms with Gasteiger partial charge in [0, 0.05) is 18.9 Å². The number of rotatable bonds is 5. The largest absolute Gasteiger partial charge is 0.365 e. The molecule has 0 unspecified atom stereocenters. The molecular formula is C11H17N3O. The number of aromatic nitrogens is 2. The fraction of sp³-hybridized carbons (Fsp3) is 0.636. The van der Waals surface area contributed by atoms with Crippen LogP contribution in [0.15, 0.2) is 17.2 Å². The first-order valence-electron chi connectivity index (χ1n) is 5.53. The number of aromatic amines is 1. The molecule has 0 bridgehead atoms. The van der Waals surface area contributed by atoms with E-state index in [1.165, 1.54) is 25.7 Å². The molecule has 1 aliphatic carbocycles. The van der Waals surface area contributed by atoms with E-state index in [4.69, 9.17) is 0 Å². The molecule has 82 valence electrons. The first kappa shape index (κ1) is 10.2. The standard InChI is InChI=1S/C11H17N3O/c1-2-3-11(4-5-11)8-14-9-10(15)13-7-6-12-9/h6-7H,2-5,8H2,1H3,(H,12,14)(H,13,15). The summed E-state index contributed by atoms with van der Waals surface area (Å²) in [5, 5.41) is 3.15. The van der Waals surface area contributed by atoms with E-state index < -0.39 is 0 Å². The van der Waals surface area contributed by atoms with Crippen molar-refractivity contribution < 1.29 is 0 Å². The number of hydrogen-bond acceptors (Lipinski definition) is 3. The molecule has 0 amide bonds. The Labute approximate surface area is 89.1 Å². The van der Waals surface area contributed by atoms with Crippen molar-refractivity contribution in [2.24, 2.45) is 5.41 Å². The van der Waals surface area contributed by atoms with Gasteiger partial charge in [0.2, 0.25) is 0 Å². The van der Waals surface area contributed by atoms with E-state index in [-0.39, 0.29) is 5.56 Å². The molecule has 1 heterocycles. The lowest BCUT2D eigenvalue weighted by Gasteiger charge is -2.14. The summed E-state index contributed by atoms with van der Waals surface area (Å²) in [4.78, 5) is 18.0. The zero-order chi connectivity index (χ0) is 10.7. The summed E-state index contributed by atoms with van der Waals surface area (Å²) in [6.45, 7) is 3.08. The Morgan fingerprint density at radius 1 is 1.60 bits per heavy atom. The summed E-state index contributed by atoms with van der Waals surface area (Å²) in [7, 11) is 0. The van der Waals surface area contributed by atoms with Crippen molar-refractivity contribution in [3.8, 4) is 0 Å². The Balaban J connectivity index is 1.94. The highest BCUT2D eigenvalue weighted by Crippen LogP contribution is 2.49. The molecule has 0 saturated heterocycles. The van der Waals surface area contributed by atoms with Gasteiger partial charge in [-0.1, -0.05) is 13.3 Å². The highest BCUT2D eigenvalue weighted by atomic mass is 16.1. The van der Waals surface area contributed by atoms with Crippen molar-refractivity contribution in [1.82, 2.24) is 9.97 Å². The van der Waals surface area contributed by atoms with Crippen LogP contribution >= 0.6 is 0 Å². The minimum Gasteiger partial charge on any atom is -0.365 e. The van der Waals surface area contributed by atoms with E-state index in [2.05, 4.69) is 22.2 Å². The lowest BCUT2D eigenvalue weighted by Crippen LogP contribution is -2.21. The predicted molar refractivity (Wildman–Crippen MR) is 59.9 cm³/mol. The van der Waals surface area contributed by atoms with E-state index in [0.717, 1.165) is 6.54 Å². The fourth-order valence-corrected chi connectivity index (χ4v) is 1.97. The third kappa shape index (κ3) is 2.37.